The van der Waals surface area contributed by atoms with Crippen LogP contribution in [0.15, 0.2) is 0 Å². The van der Waals surface area contributed by atoms with Crippen molar-refractivity contribution < 1.29 is 14.7 Å². The highest BCUT2D eigenvalue weighted by molar-refractivity contribution is 8.00. The van der Waals surface area contributed by atoms with E-state index in [1.165, 1.54) is 11.8 Å². The van der Waals surface area contributed by atoms with E-state index in [0.29, 0.717) is 18.2 Å². The van der Waals surface area contributed by atoms with E-state index >= 15 is 0 Å². The highest BCUT2D eigenvalue weighted by Crippen LogP contribution is 2.28. The molecule has 1 saturated carbocycles. The molecule has 5 nitrogen and oxygen atoms in total. The van der Waals surface area contributed by atoms with E-state index in [4.69, 9.17) is 0 Å². The molecule has 6 heteroatoms. The summed E-state index contributed by atoms with van der Waals surface area (Å²) in [6, 6.07) is 0. The van der Waals surface area contributed by atoms with Crippen molar-refractivity contribution in [2.24, 2.45) is 0 Å². The van der Waals surface area contributed by atoms with Gasteiger partial charge < -0.3 is 15.3 Å². The third-order valence-electron chi connectivity index (χ3n) is 3.31. The summed E-state index contributed by atoms with van der Waals surface area (Å²) in [5.41, 5.74) is -0.723. The summed E-state index contributed by atoms with van der Waals surface area (Å²) in [6.07, 6.45) is 3.55. The SMILES string of the molecule is O=C(CN1CSCC1=O)NCC1(O)CCCC1. The van der Waals surface area contributed by atoms with Gasteiger partial charge in [0.05, 0.1) is 17.2 Å². The van der Waals surface area contributed by atoms with Crippen molar-refractivity contribution in [3.63, 3.8) is 0 Å². The first-order valence-electron chi connectivity index (χ1n) is 5.94. The van der Waals surface area contributed by atoms with Crippen LogP contribution in [0.4, 0.5) is 0 Å². The van der Waals surface area contributed by atoms with Gasteiger partial charge in [0.25, 0.3) is 0 Å². The Balaban J connectivity index is 1.72. The van der Waals surface area contributed by atoms with E-state index in [-0.39, 0.29) is 18.4 Å². The Bertz CT molecular complexity index is 316. The minimum Gasteiger partial charge on any atom is -0.388 e. The summed E-state index contributed by atoms with van der Waals surface area (Å²) in [5, 5.41) is 12.8. The lowest BCUT2D eigenvalue weighted by Gasteiger charge is -2.23. The van der Waals surface area contributed by atoms with Crippen molar-refractivity contribution >= 4 is 23.6 Å². The molecule has 0 aromatic heterocycles. The van der Waals surface area contributed by atoms with Gasteiger partial charge in [-0.3, -0.25) is 9.59 Å². The lowest BCUT2D eigenvalue weighted by Crippen LogP contribution is -2.45. The van der Waals surface area contributed by atoms with Crippen molar-refractivity contribution in [3.8, 4) is 0 Å². The number of aliphatic hydroxyl groups is 1. The van der Waals surface area contributed by atoms with Gasteiger partial charge in [0.2, 0.25) is 11.8 Å². The maximum absolute atomic E-state index is 11.6. The van der Waals surface area contributed by atoms with Crippen LogP contribution in [0, 0.1) is 0 Å². The number of hydrogen-bond donors (Lipinski definition) is 2. The van der Waals surface area contributed by atoms with Crippen molar-refractivity contribution in [1.29, 1.82) is 0 Å². The predicted octanol–water partition coefficient (Wildman–Crippen LogP) is -0.0594. The summed E-state index contributed by atoms with van der Waals surface area (Å²) in [6.45, 7) is 0.420. The largest absolute Gasteiger partial charge is 0.388 e. The maximum Gasteiger partial charge on any atom is 0.239 e. The molecule has 2 amide bonds. The molecule has 0 radical (unpaired) electrons. The topological polar surface area (TPSA) is 69.6 Å². The van der Waals surface area contributed by atoms with Gasteiger partial charge in [0, 0.05) is 6.54 Å². The summed E-state index contributed by atoms with van der Waals surface area (Å²) < 4.78 is 0. The monoisotopic (exact) mass is 258 g/mol. The minimum atomic E-state index is -0.723. The normalized spacial score (nSPS) is 23.1. The van der Waals surface area contributed by atoms with Crippen LogP contribution >= 0.6 is 11.8 Å². The second-order valence-electron chi connectivity index (χ2n) is 4.78. The molecule has 0 aromatic carbocycles. The van der Waals surface area contributed by atoms with Crippen LogP contribution in [0.3, 0.4) is 0 Å². The van der Waals surface area contributed by atoms with E-state index in [9.17, 15) is 14.7 Å². The maximum atomic E-state index is 11.6. The lowest BCUT2D eigenvalue weighted by molar-refractivity contribution is -0.132. The number of nitrogens with zero attached hydrogens (tertiary/aromatic N) is 1. The van der Waals surface area contributed by atoms with Gasteiger partial charge in [0.15, 0.2) is 0 Å². The van der Waals surface area contributed by atoms with Gasteiger partial charge in [-0.2, -0.15) is 0 Å². The molecule has 0 atom stereocenters. The summed E-state index contributed by atoms with van der Waals surface area (Å²) >= 11 is 1.52. The Hall–Kier alpha value is -0.750. The summed E-state index contributed by atoms with van der Waals surface area (Å²) in [7, 11) is 0. The highest BCUT2D eigenvalue weighted by atomic mass is 32.2. The van der Waals surface area contributed by atoms with Gasteiger partial charge in [-0.25, -0.2) is 0 Å². The first-order chi connectivity index (χ1) is 8.09. The molecular weight excluding hydrogens is 240 g/mol. The quantitative estimate of drug-likeness (QED) is 0.741. The molecule has 2 N–H and O–H groups in total. The molecule has 0 spiro atoms. The summed E-state index contributed by atoms with van der Waals surface area (Å²) in [4.78, 5) is 24.5. The van der Waals surface area contributed by atoms with Crippen LogP contribution in [-0.4, -0.2) is 52.1 Å². The number of nitrogens with one attached hydrogen (secondary N) is 1. The van der Waals surface area contributed by atoms with Gasteiger partial charge in [-0.15, -0.1) is 11.8 Å². The Morgan fingerprint density at radius 3 is 2.76 bits per heavy atom. The van der Waals surface area contributed by atoms with Crippen molar-refractivity contribution in [3.05, 3.63) is 0 Å². The molecule has 1 aliphatic heterocycles. The molecule has 96 valence electrons. The lowest BCUT2D eigenvalue weighted by atomic mass is 10.0. The Kier molecular flexibility index (Phi) is 3.93. The van der Waals surface area contributed by atoms with E-state index in [2.05, 4.69) is 5.32 Å². The molecule has 1 aliphatic carbocycles. The zero-order valence-electron chi connectivity index (χ0n) is 9.78. The first-order valence-corrected chi connectivity index (χ1v) is 7.09. The molecule has 1 saturated heterocycles. The molecular formula is C11H18N2O3S. The Morgan fingerprint density at radius 2 is 2.18 bits per heavy atom. The average Bonchev–Trinajstić information content (AvgIpc) is 2.87. The van der Waals surface area contributed by atoms with Crippen LogP contribution in [0.1, 0.15) is 25.7 Å². The van der Waals surface area contributed by atoms with Gasteiger partial charge in [0.1, 0.15) is 6.54 Å². The molecule has 2 fully saturated rings. The average molecular weight is 258 g/mol. The molecule has 0 bridgehead atoms. The van der Waals surface area contributed by atoms with E-state index in [0.717, 1.165) is 25.7 Å². The van der Waals surface area contributed by atoms with Gasteiger partial charge >= 0.3 is 0 Å². The van der Waals surface area contributed by atoms with E-state index < -0.39 is 5.60 Å². The smallest absolute Gasteiger partial charge is 0.239 e. The molecule has 0 unspecified atom stereocenters. The second-order valence-corrected chi connectivity index (χ2v) is 5.73. The standard InChI is InChI=1S/C11H18N2O3S/c14-9(5-13-8-17-6-10(13)15)12-7-11(16)3-1-2-4-11/h16H,1-8H2,(H,12,14). The van der Waals surface area contributed by atoms with Crippen molar-refractivity contribution in [2.75, 3.05) is 24.7 Å². The fourth-order valence-electron chi connectivity index (χ4n) is 2.24. The summed E-state index contributed by atoms with van der Waals surface area (Å²) in [5.74, 6) is 0.902. The fraction of sp³-hybridized carbons (Fsp3) is 0.818. The fourth-order valence-corrected chi connectivity index (χ4v) is 3.15. The first kappa shape index (κ1) is 12.7. The Labute approximate surface area is 105 Å². The number of amides is 2. The third-order valence-corrected chi connectivity index (χ3v) is 4.25. The minimum absolute atomic E-state index is 0.0183. The molecule has 17 heavy (non-hydrogen) atoms. The van der Waals surface area contributed by atoms with Crippen LogP contribution in [0.25, 0.3) is 0 Å². The zero-order valence-corrected chi connectivity index (χ0v) is 10.6. The number of carbonyl (C=O) groups excluding carboxylic acids is 2. The molecule has 2 rings (SSSR count). The van der Waals surface area contributed by atoms with Gasteiger partial charge in [-0.1, -0.05) is 12.8 Å². The predicted molar refractivity (Wildman–Crippen MR) is 65.5 cm³/mol. The van der Waals surface area contributed by atoms with Crippen LogP contribution in [-0.2, 0) is 9.59 Å². The van der Waals surface area contributed by atoms with Crippen LogP contribution < -0.4 is 5.32 Å². The molecule has 2 aliphatic rings. The number of rotatable bonds is 4. The van der Waals surface area contributed by atoms with Crippen LogP contribution in [0.5, 0.6) is 0 Å². The Morgan fingerprint density at radius 1 is 1.47 bits per heavy atom. The molecule has 1 heterocycles. The third kappa shape index (κ3) is 3.35. The van der Waals surface area contributed by atoms with Gasteiger partial charge in [-0.05, 0) is 12.8 Å². The van der Waals surface area contributed by atoms with Crippen molar-refractivity contribution in [2.45, 2.75) is 31.3 Å². The number of carbonyl (C=O) groups is 2. The second kappa shape index (κ2) is 5.27. The van der Waals surface area contributed by atoms with E-state index in [1.54, 1.807) is 4.90 Å². The van der Waals surface area contributed by atoms with Crippen LogP contribution in [0.2, 0.25) is 0 Å². The zero-order chi connectivity index (χ0) is 12.3. The van der Waals surface area contributed by atoms with Crippen molar-refractivity contribution in [1.82, 2.24) is 10.2 Å². The number of hydrogen-bond acceptors (Lipinski definition) is 4. The highest BCUT2D eigenvalue weighted by Gasteiger charge is 2.31. The molecule has 0 aromatic rings. The number of thioether (sulfide) groups is 1. The van der Waals surface area contributed by atoms with E-state index in [1.807, 2.05) is 0 Å².